The Morgan fingerprint density at radius 3 is 2.56 bits per heavy atom. The predicted octanol–water partition coefficient (Wildman–Crippen LogP) is 2.82. The first-order valence-corrected chi connectivity index (χ1v) is 10.1. The normalized spacial score (nSPS) is 11.7. The molecule has 168 valence electrons. The van der Waals surface area contributed by atoms with E-state index in [-0.39, 0.29) is 24.1 Å². The topological polar surface area (TPSA) is 116 Å². The summed E-state index contributed by atoms with van der Waals surface area (Å²) in [6.45, 7) is 3.97. The van der Waals surface area contributed by atoms with Gasteiger partial charge in [-0.25, -0.2) is 0 Å². The van der Waals surface area contributed by atoms with Gasteiger partial charge < -0.3 is 24.6 Å². The monoisotopic (exact) mass is 438 g/mol. The van der Waals surface area contributed by atoms with E-state index in [2.05, 4.69) is 20.8 Å². The van der Waals surface area contributed by atoms with Crippen molar-refractivity contribution in [2.75, 3.05) is 14.2 Å². The van der Waals surface area contributed by atoms with Gasteiger partial charge in [0, 0.05) is 18.3 Å². The van der Waals surface area contributed by atoms with E-state index in [0.717, 1.165) is 5.69 Å². The maximum Gasteiger partial charge on any atom is 0.274 e. The molecule has 1 atom stereocenters. The molecule has 1 aromatic carbocycles. The molecular formula is C23H26N4O5. The largest absolute Gasteiger partial charge is 0.497 e. The molecule has 0 spiro atoms. The number of nitrogens with one attached hydrogen (secondary N) is 2. The molecular weight excluding hydrogens is 412 g/mol. The van der Waals surface area contributed by atoms with Crippen LogP contribution in [-0.2, 0) is 11.3 Å². The summed E-state index contributed by atoms with van der Waals surface area (Å²) in [4.78, 5) is 29.6. The summed E-state index contributed by atoms with van der Waals surface area (Å²) >= 11 is 0. The van der Waals surface area contributed by atoms with E-state index in [1.54, 1.807) is 37.6 Å². The Labute approximate surface area is 186 Å². The summed E-state index contributed by atoms with van der Waals surface area (Å²) in [5, 5.41) is 9.40. The molecule has 2 N–H and O–H groups in total. The van der Waals surface area contributed by atoms with Crippen molar-refractivity contribution in [3.63, 3.8) is 0 Å². The van der Waals surface area contributed by atoms with Crippen LogP contribution in [0.5, 0.6) is 11.5 Å². The van der Waals surface area contributed by atoms with E-state index in [9.17, 15) is 9.59 Å². The molecule has 0 fully saturated rings. The first-order chi connectivity index (χ1) is 15.4. The van der Waals surface area contributed by atoms with Crippen molar-refractivity contribution in [1.82, 2.24) is 20.8 Å². The van der Waals surface area contributed by atoms with Gasteiger partial charge in [0.2, 0.25) is 5.91 Å². The van der Waals surface area contributed by atoms with Crippen LogP contribution in [0.1, 0.15) is 30.0 Å². The molecule has 9 heteroatoms. The van der Waals surface area contributed by atoms with Crippen LogP contribution in [0.3, 0.4) is 0 Å². The number of ether oxygens (including phenoxy) is 2. The second-order valence-electron chi connectivity index (χ2n) is 7.38. The van der Waals surface area contributed by atoms with Gasteiger partial charge in [0.1, 0.15) is 17.5 Å². The highest BCUT2D eigenvalue weighted by Crippen LogP contribution is 2.33. The first-order valence-electron chi connectivity index (χ1n) is 10.1. The SMILES string of the molecule is COc1ccc(-c2cc(C(=O)NC(C(=O)NCc3ccccn3)C(C)C)no2)c(OC)c1. The average Bonchev–Trinajstić information content (AvgIpc) is 3.31. The lowest BCUT2D eigenvalue weighted by Gasteiger charge is -2.21. The molecule has 2 aromatic heterocycles. The van der Waals surface area contributed by atoms with Crippen molar-refractivity contribution in [3.05, 3.63) is 60.0 Å². The van der Waals surface area contributed by atoms with Gasteiger partial charge in [-0.3, -0.25) is 14.6 Å². The standard InChI is InChI=1S/C23H26N4O5/c1-14(2)21(23(29)25-13-15-7-5-6-10-24-15)26-22(28)18-12-20(32-27-18)17-9-8-16(30-3)11-19(17)31-4/h5-12,14,21H,13H2,1-4H3,(H,25,29)(H,26,28). The molecule has 3 aromatic rings. The average molecular weight is 438 g/mol. The smallest absolute Gasteiger partial charge is 0.274 e. The second-order valence-corrected chi connectivity index (χ2v) is 7.38. The van der Waals surface area contributed by atoms with Crippen molar-refractivity contribution in [3.8, 4) is 22.8 Å². The molecule has 1 unspecified atom stereocenters. The minimum Gasteiger partial charge on any atom is -0.497 e. The molecule has 0 aliphatic rings. The third kappa shape index (κ3) is 5.42. The highest BCUT2D eigenvalue weighted by atomic mass is 16.5. The number of rotatable bonds is 9. The van der Waals surface area contributed by atoms with Gasteiger partial charge in [-0.05, 0) is 30.2 Å². The van der Waals surface area contributed by atoms with Gasteiger partial charge in [0.15, 0.2) is 11.5 Å². The van der Waals surface area contributed by atoms with Gasteiger partial charge in [0.25, 0.3) is 5.91 Å². The summed E-state index contributed by atoms with van der Waals surface area (Å²) in [6.07, 6.45) is 1.66. The quantitative estimate of drug-likeness (QED) is 0.528. The van der Waals surface area contributed by atoms with Gasteiger partial charge in [-0.1, -0.05) is 25.1 Å². The van der Waals surface area contributed by atoms with Gasteiger partial charge in [-0.15, -0.1) is 0 Å². The number of pyridine rings is 1. The van der Waals surface area contributed by atoms with Gasteiger partial charge in [-0.2, -0.15) is 0 Å². The maximum absolute atomic E-state index is 12.8. The van der Waals surface area contributed by atoms with Crippen molar-refractivity contribution in [1.29, 1.82) is 0 Å². The van der Waals surface area contributed by atoms with Gasteiger partial charge in [0.05, 0.1) is 32.0 Å². The lowest BCUT2D eigenvalue weighted by Crippen LogP contribution is -2.49. The molecule has 2 heterocycles. The Bertz CT molecular complexity index is 1070. The molecule has 3 rings (SSSR count). The zero-order valence-electron chi connectivity index (χ0n) is 18.4. The number of nitrogens with zero attached hydrogens (tertiary/aromatic N) is 2. The maximum atomic E-state index is 12.8. The van der Waals surface area contributed by atoms with E-state index < -0.39 is 11.9 Å². The summed E-state index contributed by atoms with van der Waals surface area (Å²) in [6, 6.07) is 11.4. The minimum atomic E-state index is -0.748. The van der Waals surface area contributed by atoms with E-state index in [0.29, 0.717) is 22.8 Å². The molecule has 0 aliphatic carbocycles. The lowest BCUT2D eigenvalue weighted by atomic mass is 10.0. The first kappa shape index (κ1) is 22.8. The number of amides is 2. The zero-order valence-corrected chi connectivity index (χ0v) is 18.4. The molecule has 0 radical (unpaired) electrons. The van der Waals surface area contributed by atoms with Crippen LogP contribution < -0.4 is 20.1 Å². The van der Waals surface area contributed by atoms with Crippen LogP contribution in [0.2, 0.25) is 0 Å². The van der Waals surface area contributed by atoms with Crippen LogP contribution in [0.15, 0.2) is 53.2 Å². The summed E-state index contributed by atoms with van der Waals surface area (Å²) in [7, 11) is 3.09. The van der Waals surface area contributed by atoms with Crippen LogP contribution in [0, 0.1) is 5.92 Å². The van der Waals surface area contributed by atoms with Crippen LogP contribution in [0.25, 0.3) is 11.3 Å². The van der Waals surface area contributed by atoms with Gasteiger partial charge >= 0.3 is 0 Å². The van der Waals surface area contributed by atoms with Crippen molar-refractivity contribution in [2.45, 2.75) is 26.4 Å². The molecule has 9 nitrogen and oxygen atoms in total. The molecule has 32 heavy (non-hydrogen) atoms. The van der Waals surface area contributed by atoms with Crippen LogP contribution in [-0.4, -0.2) is 42.2 Å². The molecule has 0 aliphatic heterocycles. The highest BCUT2D eigenvalue weighted by molar-refractivity contribution is 5.96. The predicted molar refractivity (Wildman–Crippen MR) is 117 cm³/mol. The number of hydrogen-bond donors (Lipinski definition) is 2. The molecule has 0 bridgehead atoms. The number of methoxy groups -OCH3 is 2. The van der Waals surface area contributed by atoms with Crippen LogP contribution in [0.4, 0.5) is 0 Å². The Balaban J connectivity index is 1.70. The van der Waals surface area contributed by atoms with E-state index in [4.69, 9.17) is 14.0 Å². The summed E-state index contributed by atoms with van der Waals surface area (Å²) in [5.74, 6) is 0.533. The van der Waals surface area contributed by atoms with Crippen molar-refractivity contribution >= 4 is 11.8 Å². The lowest BCUT2D eigenvalue weighted by molar-refractivity contribution is -0.124. The fourth-order valence-electron chi connectivity index (χ4n) is 3.05. The zero-order chi connectivity index (χ0) is 23.1. The number of carbonyl (C=O) groups excluding carboxylic acids is 2. The van der Waals surface area contributed by atoms with Crippen molar-refractivity contribution < 1.29 is 23.6 Å². The third-order valence-electron chi connectivity index (χ3n) is 4.82. The Kier molecular flexibility index (Phi) is 7.43. The fraction of sp³-hybridized carbons (Fsp3) is 0.304. The van der Waals surface area contributed by atoms with Crippen LogP contribution >= 0.6 is 0 Å². The number of benzene rings is 1. The molecule has 0 saturated carbocycles. The van der Waals surface area contributed by atoms with Crippen molar-refractivity contribution in [2.24, 2.45) is 5.92 Å². The highest BCUT2D eigenvalue weighted by Gasteiger charge is 2.26. The van der Waals surface area contributed by atoms with E-state index in [1.165, 1.54) is 13.2 Å². The number of carbonyl (C=O) groups is 2. The Hall–Kier alpha value is -3.88. The second kappa shape index (κ2) is 10.4. The van der Waals surface area contributed by atoms with E-state index in [1.807, 2.05) is 26.0 Å². The molecule has 2 amide bonds. The van der Waals surface area contributed by atoms with E-state index >= 15 is 0 Å². The fourth-order valence-corrected chi connectivity index (χ4v) is 3.05. The third-order valence-corrected chi connectivity index (χ3v) is 4.82. The Morgan fingerprint density at radius 2 is 1.91 bits per heavy atom. The summed E-state index contributed by atoms with van der Waals surface area (Å²) in [5.41, 5.74) is 1.40. The molecule has 0 saturated heterocycles. The summed E-state index contributed by atoms with van der Waals surface area (Å²) < 4.78 is 15.9. The number of aromatic nitrogens is 2. The minimum absolute atomic E-state index is 0.0565. The number of hydrogen-bond acceptors (Lipinski definition) is 7. The Morgan fingerprint density at radius 1 is 1.09 bits per heavy atom.